The molecular formula is C19H32O3. The van der Waals surface area contributed by atoms with E-state index in [-0.39, 0.29) is 6.42 Å². The fraction of sp³-hybridized carbons (Fsp3) is 0.789. The Hall–Kier alpha value is -1.12. The van der Waals surface area contributed by atoms with Crippen LogP contribution >= 0.6 is 0 Å². The van der Waals surface area contributed by atoms with E-state index in [1.165, 1.54) is 64.2 Å². The molecule has 22 heavy (non-hydrogen) atoms. The lowest BCUT2D eigenvalue weighted by atomic mass is 10.1. The van der Waals surface area contributed by atoms with Crippen molar-refractivity contribution in [2.45, 2.75) is 96.8 Å². The first-order valence-electron chi connectivity index (χ1n) is 9.11. The van der Waals surface area contributed by atoms with E-state index in [1.807, 2.05) is 0 Å². The Labute approximate surface area is 135 Å². The van der Waals surface area contributed by atoms with Crippen LogP contribution in [0.1, 0.15) is 96.8 Å². The lowest BCUT2D eigenvalue weighted by Gasteiger charge is -1.98. The monoisotopic (exact) mass is 308 g/mol. The second-order valence-corrected chi connectivity index (χ2v) is 6.54. The third-order valence-corrected chi connectivity index (χ3v) is 4.50. The van der Waals surface area contributed by atoms with Crippen LogP contribution in [0.2, 0.25) is 0 Å². The van der Waals surface area contributed by atoms with Gasteiger partial charge in [0.25, 0.3) is 0 Å². The minimum Gasteiger partial charge on any atom is -0.476 e. The Balaban J connectivity index is 1.89. The Morgan fingerprint density at radius 3 is 1.86 bits per heavy atom. The first kappa shape index (κ1) is 18.9. The summed E-state index contributed by atoms with van der Waals surface area (Å²) in [5.41, 5.74) is 3.38. The first-order chi connectivity index (χ1) is 10.6. The molecule has 1 N–H and O–H groups in total. The molecule has 0 aromatic carbocycles. The SMILES string of the molecule is CCCCCCCCC1=C(CCCCCCC(=O)C(=O)O)C1. The average Bonchev–Trinajstić information content (AvgIpc) is 3.24. The zero-order valence-electron chi connectivity index (χ0n) is 14.2. The van der Waals surface area contributed by atoms with E-state index < -0.39 is 11.8 Å². The van der Waals surface area contributed by atoms with Crippen LogP contribution in [0.3, 0.4) is 0 Å². The van der Waals surface area contributed by atoms with Gasteiger partial charge in [-0.1, -0.05) is 63.0 Å². The molecule has 126 valence electrons. The maximum atomic E-state index is 10.9. The van der Waals surface area contributed by atoms with Gasteiger partial charge >= 0.3 is 5.97 Å². The number of allylic oxidation sites excluding steroid dienone is 2. The van der Waals surface area contributed by atoms with Gasteiger partial charge in [0.2, 0.25) is 5.78 Å². The normalized spacial score (nSPS) is 13.5. The standard InChI is InChI=1S/C19H32O3/c1-2-3-4-5-6-9-12-16-15-17(16)13-10-7-8-11-14-18(20)19(21)22/h2-15H2,1H3,(H,21,22). The molecule has 0 aromatic heterocycles. The smallest absolute Gasteiger partial charge is 0.372 e. The molecule has 1 aliphatic carbocycles. The van der Waals surface area contributed by atoms with Crippen molar-refractivity contribution < 1.29 is 14.7 Å². The van der Waals surface area contributed by atoms with Crippen molar-refractivity contribution in [1.29, 1.82) is 0 Å². The molecule has 0 amide bonds. The molecule has 0 fully saturated rings. The Morgan fingerprint density at radius 1 is 0.818 bits per heavy atom. The van der Waals surface area contributed by atoms with Crippen LogP contribution in [0.25, 0.3) is 0 Å². The van der Waals surface area contributed by atoms with Crippen LogP contribution in [0, 0.1) is 0 Å². The van der Waals surface area contributed by atoms with Gasteiger partial charge in [0.15, 0.2) is 0 Å². The summed E-state index contributed by atoms with van der Waals surface area (Å²) in [4.78, 5) is 21.3. The van der Waals surface area contributed by atoms with Crippen LogP contribution in [-0.4, -0.2) is 16.9 Å². The van der Waals surface area contributed by atoms with Crippen LogP contribution in [0.5, 0.6) is 0 Å². The minimum absolute atomic E-state index is 0.196. The third kappa shape index (κ3) is 9.01. The Kier molecular flexibility index (Phi) is 9.85. The molecule has 3 heteroatoms. The summed E-state index contributed by atoms with van der Waals surface area (Å²) in [5.74, 6) is -1.94. The highest BCUT2D eigenvalue weighted by atomic mass is 16.4. The number of carbonyl (C=O) groups is 2. The number of Topliss-reactive ketones (excluding diaryl/α,β-unsaturated/α-hetero) is 1. The van der Waals surface area contributed by atoms with Gasteiger partial charge in [0.1, 0.15) is 0 Å². The summed E-state index contributed by atoms with van der Waals surface area (Å²) in [6.07, 6.45) is 16.2. The molecule has 0 aromatic rings. The molecule has 0 aliphatic heterocycles. The zero-order chi connectivity index (χ0) is 16.2. The van der Waals surface area contributed by atoms with Gasteiger partial charge in [-0.15, -0.1) is 0 Å². The molecule has 0 heterocycles. The molecule has 1 aliphatic rings. The maximum absolute atomic E-state index is 10.9. The molecule has 0 spiro atoms. The van der Waals surface area contributed by atoms with Gasteiger partial charge in [0, 0.05) is 6.42 Å². The molecule has 0 radical (unpaired) electrons. The van der Waals surface area contributed by atoms with E-state index in [1.54, 1.807) is 11.1 Å². The lowest BCUT2D eigenvalue weighted by molar-refractivity contribution is -0.149. The second kappa shape index (κ2) is 11.4. The van der Waals surface area contributed by atoms with Gasteiger partial charge in [-0.05, 0) is 38.5 Å². The molecule has 3 nitrogen and oxygen atoms in total. The number of hydrogen-bond acceptors (Lipinski definition) is 2. The lowest BCUT2D eigenvalue weighted by Crippen LogP contribution is -2.11. The number of carboxylic acid groups (broad SMARTS) is 1. The molecular weight excluding hydrogens is 276 g/mol. The average molecular weight is 308 g/mol. The zero-order valence-corrected chi connectivity index (χ0v) is 14.2. The Morgan fingerprint density at radius 2 is 1.32 bits per heavy atom. The van der Waals surface area contributed by atoms with Crippen LogP contribution in [-0.2, 0) is 9.59 Å². The van der Waals surface area contributed by atoms with Crippen molar-refractivity contribution in [2.75, 3.05) is 0 Å². The molecule has 0 bridgehead atoms. The van der Waals surface area contributed by atoms with Gasteiger partial charge < -0.3 is 5.11 Å². The molecule has 0 saturated carbocycles. The number of hydrogen-bond donors (Lipinski definition) is 1. The number of unbranched alkanes of at least 4 members (excludes halogenated alkanes) is 8. The molecule has 0 atom stereocenters. The van der Waals surface area contributed by atoms with E-state index >= 15 is 0 Å². The molecule has 0 unspecified atom stereocenters. The summed E-state index contributed by atoms with van der Waals surface area (Å²) >= 11 is 0. The first-order valence-corrected chi connectivity index (χ1v) is 9.11. The molecule has 1 rings (SSSR count). The van der Waals surface area contributed by atoms with Gasteiger partial charge in [-0.3, -0.25) is 4.79 Å². The number of rotatable bonds is 15. The van der Waals surface area contributed by atoms with Crippen molar-refractivity contribution in [3.05, 3.63) is 11.1 Å². The Bertz CT molecular complexity index is 382. The summed E-state index contributed by atoms with van der Waals surface area (Å²) < 4.78 is 0. The third-order valence-electron chi connectivity index (χ3n) is 4.50. The van der Waals surface area contributed by atoms with Crippen molar-refractivity contribution >= 4 is 11.8 Å². The topological polar surface area (TPSA) is 54.4 Å². The van der Waals surface area contributed by atoms with Crippen molar-refractivity contribution in [1.82, 2.24) is 0 Å². The summed E-state index contributed by atoms with van der Waals surface area (Å²) in [6.45, 7) is 2.26. The number of carbonyl (C=O) groups excluding carboxylic acids is 1. The summed E-state index contributed by atoms with van der Waals surface area (Å²) in [5, 5.41) is 8.47. The fourth-order valence-electron chi connectivity index (χ4n) is 2.95. The highest BCUT2D eigenvalue weighted by molar-refractivity contribution is 6.32. The number of carboxylic acids is 1. The maximum Gasteiger partial charge on any atom is 0.372 e. The van der Waals surface area contributed by atoms with E-state index in [0.29, 0.717) is 0 Å². The van der Waals surface area contributed by atoms with Gasteiger partial charge in [-0.25, -0.2) is 4.79 Å². The summed E-state index contributed by atoms with van der Waals surface area (Å²) in [7, 11) is 0. The predicted octanol–water partition coefficient (Wildman–Crippen LogP) is 5.43. The van der Waals surface area contributed by atoms with Crippen LogP contribution < -0.4 is 0 Å². The number of ketones is 1. The predicted molar refractivity (Wildman–Crippen MR) is 90.0 cm³/mol. The van der Waals surface area contributed by atoms with Gasteiger partial charge in [0.05, 0.1) is 0 Å². The van der Waals surface area contributed by atoms with E-state index in [0.717, 1.165) is 19.3 Å². The number of aliphatic carboxylic acids is 1. The van der Waals surface area contributed by atoms with Crippen molar-refractivity contribution in [2.24, 2.45) is 0 Å². The van der Waals surface area contributed by atoms with E-state index in [4.69, 9.17) is 5.11 Å². The second-order valence-electron chi connectivity index (χ2n) is 6.54. The minimum atomic E-state index is -1.29. The van der Waals surface area contributed by atoms with Gasteiger partial charge in [-0.2, -0.15) is 0 Å². The van der Waals surface area contributed by atoms with E-state index in [9.17, 15) is 9.59 Å². The largest absolute Gasteiger partial charge is 0.476 e. The molecule has 0 saturated heterocycles. The van der Waals surface area contributed by atoms with Crippen molar-refractivity contribution in [3.8, 4) is 0 Å². The van der Waals surface area contributed by atoms with Crippen LogP contribution in [0.4, 0.5) is 0 Å². The van der Waals surface area contributed by atoms with E-state index in [2.05, 4.69) is 6.92 Å². The van der Waals surface area contributed by atoms with Crippen molar-refractivity contribution in [3.63, 3.8) is 0 Å². The fourth-order valence-corrected chi connectivity index (χ4v) is 2.95. The highest BCUT2D eigenvalue weighted by Gasteiger charge is 2.19. The summed E-state index contributed by atoms with van der Waals surface area (Å²) in [6, 6.07) is 0. The highest BCUT2D eigenvalue weighted by Crippen LogP contribution is 2.38. The quantitative estimate of drug-likeness (QED) is 0.249. The van der Waals surface area contributed by atoms with Crippen LogP contribution in [0.15, 0.2) is 11.1 Å².